The van der Waals surface area contributed by atoms with Gasteiger partial charge in [0.15, 0.2) is 0 Å². The Bertz CT molecular complexity index is 696. The molecule has 6 nitrogen and oxygen atoms in total. The maximum Gasteiger partial charge on any atom is 0.253 e. The molecule has 0 bridgehead atoms. The number of amides is 1. The second-order valence-electron chi connectivity index (χ2n) is 8.87. The standard InChI is InChI=1S/C23H36N2O4/c1-16(2)27-14-20-13-24-15-23(29-20)8-10-25(11-9-23)22(26)19-6-7-21(18(5)12-19)28-17(3)4/h6-7,12,16-17,20,24H,8-11,13-15H2,1-5H3. The highest BCUT2D eigenvalue weighted by molar-refractivity contribution is 5.94. The summed E-state index contributed by atoms with van der Waals surface area (Å²) in [6.45, 7) is 13.8. The Hall–Kier alpha value is -1.63. The first-order chi connectivity index (χ1) is 13.8. The molecule has 1 atom stereocenters. The van der Waals surface area contributed by atoms with Crippen LogP contribution in [-0.2, 0) is 9.47 Å². The molecule has 1 aromatic carbocycles. The van der Waals surface area contributed by atoms with Crippen LogP contribution in [0.4, 0.5) is 0 Å². The second-order valence-corrected chi connectivity index (χ2v) is 8.87. The fourth-order valence-electron chi connectivity index (χ4n) is 4.05. The van der Waals surface area contributed by atoms with Gasteiger partial charge in [-0.1, -0.05) is 0 Å². The number of likely N-dealkylation sites (tertiary alicyclic amines) is 1. The number of ether oxygens (including phenoxy) is 3. The van der Waals surface area contributed by atoms with E-state index in [0.29, 0.717) is 19.7 Å². The molecular formula is C23H36N2O4. The number of benzene rings is 1. The highest BCUT2D eigenvalue weighted by Crippen LogP contribution is 2.31. The summed E-state index contributed by atoms with van der Waals surface area (Å²) < 4.78 is 18.0. The molecule has 2 aliphatic heterocycles. The number of carbonyl (C=O) groups excluding carboxylic acids is 1. The summed E-state index contributed by atoms with van der Waals surface area (Å²) >= 11 is 0. The lowest BCUT2D eigenvalue weighted by molar-refractivity contribution is -0.160. The minimum Gasteiger partial charge on any atom is -0.491 e. The van der Waals surface area contributed by atoms with Gasteiger partial charge in [0.05, 0.1) is 30.5 Å². The van der Waals surface area contributed by atoms with Gasteiger partial charge in [-0.25, -0.2) is 0 Å². The Morgan fingerprint density at radius 1 is 1.24 bits per heavy atom. The molecule has 1 unspecified atom stereocenters. The first-order valence-electron chi connectivity index (χ1n) is 10.8. The summed E-state index contributed by atoms with van der Waals surface area (Å²) in [6.07, 6.45) is 2.09. The number of nitrogens with one attached hydrogen (secondary N) is 1. The van der Waals surface area contributed by atoms with Crippen molar-refractivity contribution in [1.29, 1.82) is 0 Å². The molecular weight excluding hydrogens is 368 g/mol. The molecule has 0 saturated carbocycles. The van der Waals surface area contributed by atoms with E-state index < -0.39 is 0 Å². The lowest BCUT2D eigenvalue weighted by Crippen LogP contribution is -2.59. The first-order valence-corrected chi connectivity index (χ1v) is 10.8. The van der Waals surface area contributed by atoms with Crippen LogP contribution in [0.1, 0.15) is 56.5 Å². The molecule has 1 spiro atoms. The van der Waals surface area contributed by atoms with Gasteiger partial charge in [0.1, 0.15) is 5.75 Å². The number of carbonyl (C=O) groups is 1. The summed E-state index contributed by atoms with van der Waals surface area (Å²) in [4.78, 5) is 15.0. The molecule has 0 radical (unpaired) electrons. The number of hydrogen-bond acceptors (Lipinski definition) is 5. The van der Waals surface area contributed by atoms with Crippen LogP contribution in [0.25, 0.3) is 0 Å². The Kier molecular flexibility index (Phi) is 7.19. The van der Waals surface area contributed by atoms with Gasteiger partial charge in [-0.2, -0.15) is 0 Å². The van der Waals surface area contributed by atoms with Crippen LogP contribution in [0.15, 0.2) is 18.2 Å². The molecule has 1 N–H and O–H groups in total. The van der Waals surface area contributed by atoms with Crippen LogP contribution >= 0.6 is 0 Å². The summed E-state index contributed by atoms with van der Waals surface area (Å²) in [7, 11) is 0. The molecule has 3 rings (SSSR count). The van der Waals surface area contributed by atoms with E-state index in [1.165, 1.54) is 0 Å². The summed E-state index contributed by atoms with van der Waals surface area (Å²) in [5.74, 6) is 0.924. The van der Waals surface area contributed by atoms with E-state index in [1.807, 2.05) is 57.7 Å². The van der Waals surface area contributed by atoms with Crippen LogP contribution in [0.2, 0.25) is 0 Å². The summed E-state index contributed by atoms with van der Waals surface area (Å²) in [6, 6.07) is 5.71. The van der Waals surface area contributed by atoms with E-state index in [-0.39, 0.29) is 29.8 Å². The van der Waals surface area contributed by atoms with Crippen molar-refractivity contribution in [2.24, 2.45) is 0 Å². The zero-order chi connectivity index (χ0) is 21.0. The number of morpholine rings is 1. The van der Waals surface area contributed by atoms with E-state index in [4.69, 9.17) is 14.2 Å². The van der Waals surface area contributed by atoms with Crippen molar-refractivity contribution in [2.75, 3.05) is 32.8 Å². The quantitative estimate of drug-likeness (QED) is 0.789. The highest BCUT2D eigenvalue weighted by atomic mass is 16.6. The maximum absolute atomic E-state index is 13.0. The zero-order valence-electron chi connectivity index (χ0n) is 18.5. The van der Waals surface area contributed by atoms with Gasteiger partial charge in [-0.15, -0.1) is 0 Å². The molecule has 29 heavy (non-hydrogen) atoms. The van der Waals surface area contributed by atoms with Crippen molar-refractivity contribution in [1.82, 2.24) is 10.2 Å². The van der Waals surface area contributed by atoms with Crippen LogP contribution in [0.5, 0.6) is 5.75 Å². The molecule has 1 amide bonds. The number of aryl methyl sites for hydroxylation is 1. The van der Waals surface area contributed by atoms with Crippen LogP contribution < -0.4 is 10.1 Å². The van der Waals surface area contributed by atoms with Gasteiger partial charge in [-0.3, -0.25) is 4.79 Å². The third kappa shape index (κ3) is 5.71. The van der Waals surface area contributed by atoms with Gasteiger partial charge >= 0.3 is 0 Å². The van der Waals surface area contributed by atoms with Gasteiger partial charge in [-0.05, 0) is 71.2 Å². The SMILES string of the molecule is Cc1cc(C(=O)N2CCC3(CC2)CNCC(COC(C)C)O3)ccc1OC(C)C. The lowest BCUT2D eigenvalue weighted by atomic mass is 9.89. The third-order valence-electron chi connectivity index (χ3n) is 5.60. The Balaban J connectivity index is 1.57. The third-order valence-corrected chi connectivity index (χ3v) is 5.60. The van der Waals surface area contributed by atoms with Gasteiger partial charge < -0.3 is 24.4 Å². The predicted molar refractivity (Wildman–Crippen MR) is 114 cm³/mol. The van der Waals surface area contributed by atoms with Crippen molar-refractivity contribution in [3.63, 3.8) is 0 Å². The zero-order valence-corrected chi connectivity index (χ0v) is 18.5. The van der Waals surface area contributed by atoms with E-state index >= 15 is 0 Å². The normalized spacial score (nSPS) is 21.8. The van der Waals surface area contributed by atoms with Gasteiger partial charge in [0, 0.05) is 31.7 Å². The number of rotatable bonds is 6. The molecule has 6 heteroatoms. The van der Waals surface area contributed by atoms with Crippen molar-refractivity contribution < 1.29 is 19.0 Å². The predicted octanol–water partition coefficient (Wildman–Crippen LogP) is 3.17. The molecule has 2 saturated heterocycles. The minimum absolute atomic E-state index is 0.0737. The van der Waals surface area contributed by atoms with E-state index in [1.54, 1.807) is 0 Å². The molecule has 2 heterocycles. The molecule has 2 aliphatic rings. The molecule has 0 aromatic heterocycles. The number of piperidine rings is 1. The maximum atomic E-state index is 13.0. The van der Waals surface area contributed by atoms with Crippen LogP contribution in [0.3, 0.4) is 0 Å². The monoisotopic (exact) mass is 404 g/mol. The van der Waals surface area contributed by atoms with Crippen molar-refractivity contribution in [3.8, 4) is 5.75 Å². The summed E-state index contributed by atoms with van der Waals surface area (Å²) in [5.41, 5.74) is 1.52. The van der Waals surface area contributed by atoms with Crippen molar-refractivity contribution in [2.45, 2.75) is 71.4 Å². The van der Waals surface area contributed by atoms with Crippen LogP contribution in [-0.4, -0.2) is 67.5 Å². The molecule has 0 aliphatic carbocycles. The minimum atomic E-state index is -0.190. The fourth-order valence-corrected chi connectivity index (χ4v) is 4.05. The Morgan fingerprint density at radius 2 is 1.97 bits per heavy atom. The van der Waals surface area contributed by atoms with Crippen LogP contribution in [0, 0.1) is 6.92 Å². The van der Waals surface area contributed by atoms with Gasteiger partial charge in [0.2, 0.25) is 0 Å². The van der Waals surface area contributed by atoms with E-state index in [0.717, 1.165) is 42.8 Å². The van der Waals surface area contributed by atoms with Gasteiger partial charge in [0.25, 0.3) is 5.91 Å². The largest absolute Gasteiger partial charge is 0.491 e. The van der Waals surface area contributed by atoms with Crippen molar-refractivity contribution >= 4 is 5.91 Å². The average molecular weight is 405 g/mol. The molecule has 1 aromatic rings. The average Bonchev–Trinajstić information content (AvgIpc) is 2.68. The summed E-state index contributed by atoms with van der Waals surface area (Å²) in [5, 5.41) is 3.50. The Morgan fingerprint density at radius 3 is 2.59 bits per heavy atom. The molecule has 2 fully saturated rings. The smallest absolute Gasteiger partial charge is 0.253 e. The van der Waals surface area contributed by atoms with E-state index in [9.17, 15) is 4.79 Å². The lowest BCUT2D eigenvalue weighted by Gasteiger charge is -2.46. The topological polar surface area (TPSA) is 60.0 Å². The Labute approximate surface area is 174 Å². The van der Waals surface area contributed by atoms with Crippen molar-refractivity contribution in [3.05, 3.63) is 29.3 Å². The van der Waals surface area contributed by atoms with E-state index in [2.05, 4.69) is 5.32 Å². The molecule has 162 valence electrons. The number of nitrogens with zero attached hydrogens (tertiary/aromatic N) is 1. The fraction of sp³-hybridized carbons (Fsp3) is 0.696. The number of hydrogen-bond donors (Lipinski definition) is 1. The first kappa shape index (κ1) is 22.1. The highest BCUT2D eigenvalue weighted by Gasteiger charge is 2.41. The second kappa shape index (κ2) is 9.45.